The smallest absolute Gasteiger partial charge is 0.0810 e. The van der Waals surface area contributed by atoms with Crippen LogP contribution in [0.5, 0.6) is 0 Å². The number of hydrogen-bond donors (Lipinski definition) is 1. The summed E-state index contributed by atoms with van der Waals surface area (Å²) in [4.78, 5) is 2.57. The minimum atomic E-state index is -0.267. The normalized spacial score (nSPS) is 36.0. The Kier molecular flexibility index (Phi) is 3.22. The molecule has 4 atom stereocenters. The first-order chi connectivity index (χ1) is 9.81. The van der Waals surface area contributed by atoms with Gasteiger partial charge in [0.25, 0.3) is 0 Å². The lowest BCUT2D eigenvalue weighted by Gasteiger charge is -2.31. The average Bonchev–Trinajstić information content (AvgIpc) is 3.04. The summed E-state index contributed by atoms with van der Waals surface area (Å²) in [5, 5.41) is 10.3. The predicted molar refractivity (Wildman–Crippen MR) is 81.8 cm³/mol. The number of para-hydroxylation sites is 1. The Labute approximate surface area is 121 Å². The molecule has 2 fully saturated rings. The lowest BCUT2D eigenvalue weighted by Crippen LogP contribution is -2.32. The van der Waals surface area contributed by atoms with Crippen LogP contribution in [-0.4, -0.2) is 18.2 Å². The summed E-state index contributed by atoms with van der Waals surface area (Å²) in [5.74, 6) is 2.91. The van der Waals surface area contributed by atoms with Gasteiger partial charge in [0.15, 0.2) is 0 Å². The second-order valence-corrected chi connectivity index (χ2v) is 7.10. The van der Waals surface area contributed by atoms with E-state index < -0.39 is 0 Å². The highest BCUT2D eigenvalue weighted by Crippen LogP contribution is 2.49. The van der Waals surface area contributed by atoms with Crippen molar-refractivity contribution in [1.29, 1.82) is 0 Å². The number of rotatable bonds is 2. The van der Waals surface area contributed by atoms with Crippen LogP contribution in [0.25, 0.3) is 0 Å². The van der Waals surface area contributed by atoms with E-state index in [0.29, 0.717) is 0 Å². The molecule has 4 rings (SSSR count). The van der Waals surface area contributed by atoms with Crippen molar-refractivity contribution in [3.05, 3.63) is 29.8 Å². The molecule has 2 saturated carbocycles. The van der Waals surface area contributed by atoms with Gasteiger partial charge in [0.2, 0.25) is 0 Å². The van der Waals surface area contributed by atoms with Crippen LogP contribution in [-0.2, 0) is 0 Å². The van der Waals surface area contributed by atoms with Crippen molar-refractivity contribution in [1.82, 2.24) is 0 Å². The first-order valence-corrected chi connectivity index (χ1v) is 8.33. The molecule has 1 aliphatic heterocycles. The van der Waals surface area contributed by atoms with E-state index in [1.54, 1.807) is 0 Å². The minimum absolute atomic E-state index is 0.267. The summed E-state index contributed by atoms with van der Waals surface area (Å²) in [5.41, 5.74) is 2.44. The van der Waals surface area contributed by atoms with Crippen molar-refractivity contribution in [2.75, 3.05) is 18.0 Å². The van der Waals surface area contributed by atoms with Crippen LogP contribution < -0.4 is 4.90 Å². The van der Waals surface area contributed by atoms with Crippen LogP contribution in [0.1, 0.15) is 50.2 Å². The zero-order valence-corrected chi connectivity index (χ0v) is 12.2. The second kappa shape index (κ2) is 5.07. The zero-order chi connectivity index (χ0) is 13.5. The van der Waals surface area contributed by atoms with Gasteiger partial charge in [-0.1, -0.05) is 24.6 Å². The molecule has 2 aliphatic carbocycles. The predicted octanol–water partition coefficient (Wildman–Crippen LogP) is 3.76. The fourth-order valence-electron chi connectivity index (χ4n) is 4.88. The molecule has 108 valence electrons. The van der Waals surface area contributed by atoms with Gasteiger partial charge in [0, 0.05) is 24.3 Å². The maximum absolute atomic E-state index is 10.3. The van der Waals surface area contributed by atoms with Gasteiger partial charge in [-0.2, -0.15) is 0 Å². The lowest BCUT2D eigenvalue weighted by atomic mass is 9.88. The average molecular weight is 271 g/mol. The summed E-state index contributed by atoms with van der Waals surface area (Å²) in [6, 6.07) is 8.49. The van der Waals surface area contributed by atoms with Crippen LogP contribution in [0.4, 0.5) is 5.69 Å². The number of hydrogen-bond acceptors (Lipinski definition) is 2. The molecule has 0 amide bonds. The van der Waals surface area contributed by atoms with E-state index >= 15 is 0 Å². The van der Waals surface area contributed by atoms with Crippen LogP contribution in [0.15, 0.2) is 24.3 Å². The summed E-state index contributed by atoms with van der Waals surface area (Å²) in [6.45, 7) is 2.33. The van der Waals surface area contributed by atoms with E-state index in [-0.39, 0.29) is 6.10 Å². The first kappa shape index (κ1) is 12.7. The third-order valence-corrected chi connectivity index (χ3v) is 5.88. The van der Waals surface area contributed by atoms with Gasteiger partial charge >= 0.3 is 0 Å². The van der Waals surface area contributed by atoms with E-state index in [2.05, 4.69) is 29.2 Å². The zero-order valence-electron chi connectivity index (χ0n) is 12.2. The van der Waals surface area contributed by atoms with Gasteiger partial charge < -0.3 is 10.0 Å². The van der Waals surface area contributed by atoms with Crippen LogP contribution in [0, 0.1) is 17.8 Å². The van der Waals surface area contributed by atoms with Gasteiger partial charge in [-0.3, -0.25) is 0 Å². The van der Waals surface area contributed by atoms with E-state index in [0.717, 1.165) is 42.7 Å². The second-order valence-electron chi connectivity index (χ2n) is 7.10. The third-order valence-electron chi connectivity index (χ3n) is 5.88. The Morgan fingerprint density at radius 1 is 1.10 bits per heavy atom. The highest BCUT2D eigenvalue weighted by molar-refractivity contribution is 5.55. The number of nitrogens with zero attached hydrogens (tertiary/aromatic N) is 1. The van der Waals surface area contributed by atoms with E-state index in [9.17, 15) is 5.11 Å². The molecule has 1 aromatic rings. The Hall–Kier alpha value is -1.02. The lowest BCUT2D eigenvalue weighted by molar-refractivity contribution is 0.168. The molecule has 0 spiro atoms. The summed E-state index contributed by atoms with van der Waals surface area (Å²) >= 11 is 0. The van der Waals surface area contributed by atoms with Crippen molar-refractivity contribution < 1.29 is 5.11 Å². The quantitative estimate of drug-likeness (QED) is 0.885. The van der Waals surface area contributed by atoms with Gasteiger partial charge in [0.1, 0.15) is 0 Å². The Balaban J connectivity index is 1.57. The molecular formula is C18H25NO. The van der Waals surface area contributed by atoms with Crippen molar-refractivity contribution in [3.63, 3.8) is 0 Å². The standard InChI is InChI=1S/C18H25NO/c20-18-6-3-9-19(17-5-2-1-4-16(17)18)12-15-11-13-7-8-14(15)10-13/h1-2,4-5,13-15,18,20H,3,6-12H2. The Morgan fingerprint density at radius 2 is 2.00 bits per heavy atom. The molecule has 1 aromatic carbocycles. The molecule has 1 N–H and O–H groups in total. The molecule has 2 nitrogen and oxygen atoms in total. The number of fused-ring (bicyclic) bond motifs is 3. The molecule has 2 bridgehead atoms. The molecule has 1 heterocycles. The highest BCUT2D eigenvalue weighted by Gasteiger charge is 2.40. The minimum Gasteiger partial charge on any atom is -0.388 e. The Bertz CT molecular complexity index is 486. The van der Waals surface area contributed by atoms with Gasteiger partial charge in [0.05, 0.1) is 6.10 Å². The highest BCUT2D eigenvalue weighted by atomic mass is 16.3. The van der Waals surface area contributed by atoms with E-state index in [1.165, 1.54) is 37.9 Å². The molecule has 2 heteroatoms. The van der Waals surface area contributed by atoms with Gasteiger partial charge in [-0.25, -0.2) is 0 Å². The van der Waals surface area contributed by atoms with Crippen molar-refractivity contribution in [3.8, 4) is 0 Å². The van der Waals surface area contributed by atoms with Gasteiger partial charge in [-0.05, 0) is 55.9 Å². The number of aliphatic hydroxyl groups excluding tert-OH is 1. The third kappa shape index (κ3) is 2.14. The van der Waals surface area contributed by atoms with Crippen molar-refractivity contribution in [2.45, 2.75) is 44.6 Å². The largest absolute Gasteiger partial charge is 0.388 e. The van der Waals surface area contributed by atoms with E-state index in [1.807, 2.05) is 0 Å². The van der Waals surface area contributed by atoms with Crippen LogP contribution in [0.2, 0.25) is 0 Å². The summed E-state index contributed by atoms with van der Waals surface area (Å²) < 4.78 is 0. The summed E-state index contributed by atoms with van der Waals surface area (Å²) in [7, 11) is 0. The fourth-order valence-corrected chi connectivity index (χ4v) is 4.88. The molecular weight excluding hydrogens is 246 g/mol. The molecule has 3 aliphatic rings. The Morgan fingerprint density at radius 3 is 2.80 bits per heavy atom. The molecule has 0 aromatic heterocycles. The van der Waals surface area contributed by atoms with Crippen LogP contribution in [0.3, 0.4) is 0 Å². The number of benzene rings is 1. The van der Waals surface area contributed by atoms with Gasteiger partial charge in [-0.15, -0.1) is 0 Å². The molecule has 20 heavy (non-hydrogen) atoms. The molecule has 4 unspecified atom stereocenters. The van der Waals surface area contributed by atoms with E-state index in [4.69, 9.17) is 0 Å². The summed E-state index contributed by atoms with van der Waals surface area (Å²) in [6.07, 6.45) is 7.63. The monoisotopic (exact) mass is 271 g/mol. The first-order valence-electron chi connectivity index (χ1n) is 8.33. The topological polar surface area (TPSA) is 23.5 Å². The number of anilines is 1. The van der Waals surface area contributed by atoms with Crippen LogP contribution >= 0.6 is 0 Å². The van der Waals surface area contributed by atoms with Crippen molar-refractivity contribution >= 4 is 5.69 Å². The molecule has 0 saturated heterocycles. The SMILES string of the molecule is OC1CCCN(CC2CC3CCC2C3)c2ccccc21. The number of aliphatic hydroxyl groups is 1. The maximum atomic E-state index is 10.3. The van der Waals surface area contributed by atoms with Crippen molar-refractivity contribution in [2.24, 2.45) is 17.8 Å². The molecule has 0 radical (unpaired) electrons. The maximum Gasteiger partial charge on any atom is 0.0810 e. The fraction of sp³-hybridized carbons (Fsp3) is 0.667.